The number of hydrogen-bond donors (Lipinski definition) is 2. The average molecular weight is 353 g/mol. The van der Waals surface area contributed by atoms with E-state index >= 15 is 0 Å². The molecule has 1 amide bonds. The van der Waals surface area contributed by atoms with Crippen LogP contribution < -0.4 is 10.1 Å². The summed E-state index contributed by atoms with van der Waals surface area (Å²) in [6.07, 6.45) is 0.375. The van der Waals surface area contributed by atoms with Crippen LogP contribution in [-0.4, -0.2) is 28.6 Å². The summed E-state index contributed by atoms with van der Waals surface area (Å²) in [6, 6.07) is 5.34. The Bertz CT molecular complexity index is 762. The molecular weight excluding hydrogens is 340 g/mol. The van der Waals surface area contributed by atoms with Crippen LogP contribution >= 0.6 is 22.9 Å². The number of carbonyl (C=O) groups is 2. The van der Waals surface area contributed by atoms with Crippen LogP contribution in [0.2, 0.25) is 5.02 Å². The highest BCUT2D eigenvalue weighted by atomic mass is 35.5. The summed E-state index contributed by atoms with van der Waals surface area (Å²) in [6.45, 7) is 0.286. The van der Waals surface area contributed by atoms with Gasteiger partial charge >= 0.3 is 5.97 Å². The molecule has 2 aromatic rings. The van der Waals surface area contributed by atoms with Gasteiger partial charge in [0, 0.05) is 10.4 Å². The van der Waals surface area contributed by atoms with Crippen molar-refractivity contribution < 1.29 is 19.4 Å². The number of halogens is 1. The summed E-state index contributed by atoms with van der Waals surface area (Å²) in [5.74, 6) is -0.751. The molecule has 0 saturated carbocycles. The second-order valence-corrected chi connectivity index (χ2v) is 6.46. The zero-order chi connectivity index (χ0) is 16.4. The van der Waals surface area contributed by atoms with Gasteiger partial charge < -0.3 is 15.2 Å². The van der Waals surface area contributed by atoms with E-state index in [9.17, 15) is 9.59 Å². The zero-order valence-electron chi connectivity index (χ0n) is 11.9. The van der Waals surface area contributed by atoms with E-state index in [0.717, 1.165) is 11.3 Å². The van der Waals surface area contributed by atoms with Gasteiger partial charge in [0.2, 0.25) is 5.91 Å². The van der Waals surface area contributed by atoms with Crippen molar-refractivity contribution in [3.8, 4) is 5.75 Å². The first kappa shape index (κ1) is 15.8. The van der Waals surface area contributed by atoms with Gasteiger partial charge in [-0.15, -0.1) is 11.3 Å². The molecule has 2 N–H and O–H groups in total. The number of carboxylic acids is 1. The molecule has 0 spiro atoms. The van der Waals surface area contributed by atoms with Crippen LogP contribution in [0.5, 0.6) is 5.75 Å². The average Bonchev–Trinajstić information content (AvgIpc) is 2.92. The number of nitrogens with zero attached hydrogens (tertiary/aromatic N) is 1. The van der Waals surface area contributed by atoms with Crippen LogP contribution in [-0.2, 0) is 22.4 Å². The Hall–Kier alpha value is -2.12. The first-order chi connectivity index (χ1) is 11.0. The molecule has 1 aliphatic heterocycles. The molecule has 1 aromatic carbocycles. The fraction of sp³-hybridized carbons (Fsp3) is 0.267. The van der Waals surface area contributed by atoms with Crippen LogP contribution in [0.1, 0.15) is 11.3 Å². The SMILES string of the molecule is O=C(O)Cc1csc(NC(=O)C2COc3ccc(Cl)cc3C2)n1. The highest BCUT2D eigenvalue weighted by Gasteiger charge is 2.26. The minimum absolute atomic E-state index is 0.162. The number of carbonyl (C=O) groups excluding carboxylic acids is 1. The Morgan fingerprint density at radius 3 is 3.09 bits per heavy atom. The number of anilines is 1. The summed E-state index contributed by atoms with van der Waals surface area (Å²) in [7, 11) is 0. The van der Waals surface area contributed by atoms with E-state index in [4.69, 9.17) is 21.4 Å². The lowest BCUT2D eigenvalue weighted by atomic mass is 9.96. The fourth-order valence-corrected chi connectivity index (χ4v) is 3.25. The molecule has 0 fully saturated rings. The molecule has 0 radical (unpaired) electrons. The number of hydrogen-bond acceptors (Lipinski definition) is 5. The van der Waals surface area contributed by atoms with Gasteiger partial charge in [-0.05, 0) is 30.2 Å². The Morgan fingerprint density at radius 2 is 2.30 bits per heavy atom. The summed E-state index contributed by atoms with van der Waals surface area (Å²) >= 11 is 7.17. The minimum Gasteiger partial charge on any atom is -0.492 e. The van der Waals surface area contributed by atoms with E-state index in [-0.39, 0.29) is 24.9 Å². The Kier molecular flexibility index (Phi) is 4.49. The number of rotatable bonds is 4. The lowest BCUT2D eigenvalue weighted by Crippen LogP contribution is -2.32. The van der Waals surface area contributed by atoms with E-state index in [1.54, 1.807) is 23.6 Å². The summed E-state index contributed by atoms with van der Waals surface area (Å²) in [5.41, 5.74) is 1.32. The van der Waals surface area contributed by atoms with Gasteiger partial charge in [-0.1, -0.05) is 11.6 Å². The molecule has 1 atom stereocenters. The molecule has 0 bridgehead atoms. The van der Waals surface area contributed by atoms with Gasteiger partial charge in [-0.25, -0.2) is 4.98 Å². The monoisotopic (exact) mass is 352 g/mol. The number of carboxylic acid groups (broad SMARTS) is 1. The van der Waals surface area contributed by atoms with Crippen molar-refractivity contribution >= 4 is 39.9 Å². The van der Waals surface area contributed by atoms with Gasteiger partial charge in [0.25, 0.3) is 0 Å². The number of thiazole rings is 1. The van der Waals surface area contributed by atoms with Gasteiger partial charge in [-0.3, -0.25) is 9.59 Å². The molecule has 0 aliphatic carbocycles. The molecule has 120 valence electrons. The standard InChI is InChI=1S/C15H13ClN2O4S/c16-10-1-2-12-8(4-10)3-9(6-22-12)14(21)18-15-17-11(7-23-15)5-13(19)20/h1-2,4,7,9H,3,5-6H2,(H,19,20)(H,17,18,21). The highest BCUT2D eigenvalue weighted by molar-refractivity contribution is 7.13. The quantitative estimate of drug-likeness (QED) is 0.883. The largest absolute Gasteiger partial charge is 0.492 e. The van der Waals surface area contributed by atoms with Crippen molar-refractivity contribution in [3.63, 3.8) is 0 Å². The molecule has 1 aliphatic rings. The molecule has 23 heavy (non-hydrogen) atoms. The van der Waals surface area contributed by atoms with Crippen molar-refractivity contribution in [3.05, 3.63) is 39.9 Å². The molecule has 0 saturated heterocycles. The van der Waals surface area contributed by atoms with Crippen LogP contribution in [0.25, 0.3) is 0 Å². The van der Waals surface area contributed by atoms with Crippen molar-refractivity contribution in [2.75, 3.05) is 11.9 Å². The first-order valence-corrected chi connectivity index (χ1v) is 8.15. The van der Waals surface area contributed by atoms with Crippen LogP contribution in [0, 0.1) is 5.92 Å². The van der Waals surface area contributed by atoms with Crippen molar-refractivity contribution in [1.29, 1.82) is 0 Å². The van der Waals surface area contributed by atoms with Crippen LogP contribution in [0.15, 0.2) is 23.6 Å². The number of fused-ring (bicyclic) bond motifs is 1. The second-order valence-electron chi connectivity index (χ2n) is 5.17. The summed E-state index contributed by atoms with van der Waals surface area (Å²) in [5, 5.41) is 14.1. The van der Waals surface area contributed by atoms with Crippen LogP contribution in [0.3, 0.4) is 0 Å². The topological polar surface area (TPSA) is 88.5 Å². The van der Waals surface area contributed by atoms with Crippen molar-refractivity contribution in [2.24, 2.45) is 5.92 Å². The summed E-state index contributed by atoms with van der Waals surface area (Å²) < 4.78 is 5.59. The lowest BCUT2D eigenvalue weighted by Gasteiger charge is -2.24. The normalized spacial score (nSPS) is 16.3. The van der Waals surface area contributed by atoms with Gasteiger partial charge in [0.15, 0.2) is 5.13 Å². The molecule has 6 nitrogen and oxygen atoms in total. The molecule has 3 rings (SSSR count). The maximum absolute atomic E-state index is 12.3. The number of benzene rings is 1. The molecule has 2 heterocycles. The molecule has 1 unspecified atom stereocenters. The number of aliphatic carboxylic acids is 1. The Balaban J connectivity index is 1.65. The van der Waals surface area contributed by atoms with E-state index < -0.39 is 5.97 Å². The van der Waals surface area contributed by atoms with Gasteiger partial charge in [0.05, 0.1) is 18.0 Å². The Morgan fingerprint density at radius 1 is 1.48 bits per heavy atom. The first-order valence-electron chi connectivity index (χ1n) is 6.89. The second kappa shape index (κ2) is 6.55. The number of nitrogens with one attached hydrogen (secondary N) is 1. The van der Waals surface area contributed by atoms with Crippen LogP contribution in [0.4, 0.5) is 5.13 Å². The third-order valence-electron chi connectivity index (χ3n) is 3.41. The van der Waals surface area contributed by atoms with E-state index in [1.807, 2.05) is 0 Å². The maximum Gasteiger partial charge on any atom is 0.309 e. The third-order valence-corrected chi connectivity index (χ3v) is 4.46. The van der Waals surface area contributed by atoms with E-state index in [0.29, 0.717) is 22.3 Å². The maximum atomic E-state index is 12.3. The molecule has 1 aromatic heterocycles. The minimum atomic E-state index is -0.956. The van der Waals surface area contributed by atoms with E-state index in [1.165, 1.54) is 11.3 Å². The number of ether oxygens (including phenoxy) is 1. The zero-order valence-corrected chi connectivity index (χ0v) is 13.5. The third kappa shape index (κ3) is 3.80. The van der Waals surface area contributed by atoms with Crippen molar-refractivity contribution in [1.82, 2.24) is 4.98 Å². The van der Waals surface area contributed by atoms with E-state index in [2.05, 4.69) is 10.3 Å². The smallest absolute Gasteiger partial charge is 0.309 e. The molecule has 8 heteroatoms. The fourth-order valence-electron chi connectivity index (χ4n) is 2.34. The number of amides is 1. The Labute approximate surface area is 141 Å². The van der Waals surface area contributed by atoms with Gasteiger partial charge in [-0.2, -0.15) is 0 Å². The predicted octanol–water partition coefficient (Wildman–Crippen LogP) is 2.61. The van der Waals surface area contributed by atoms with Gasteiger partial charge in [0.1, 0.15) is 12.4 Å². The highest BCUT2D eigenvalue weighted by Crippen LogP contribution is 2.30. The number of aromatic nitrogens is 1. The van der Waals surface area contributed by atoms with Crippen molar-refractivity contribution in [2.45, 2.75) is 12.8 Å². The molecular formula is C15H13ClN2O4S. The summed E-state index contributed by atoms with van der Waals surface area (Å²) in [4.78, 5) is 27.0. The predicted molar refractivity (Wildman–Crippen MR) is 86.2 cm³/mol. The lowest BCUT2D eigenvalue weighted by molar-refractivity contribution is -0.136.